The largest absolute Gasteiger partial charge is 0.381 e. The summed E-state index contributed by atoms with van der Waals surface area (Å²) < 4.78 is 5.69. The quantitative estimate of drug-likeness (QED) is 0.403. The predicted octanol–water partition coefficient (Wildman–Crippen LogP) is 4.41. The lowest BCUT2D eigenvalue weighted by molar-refractivity contribution is 0.0846. The van der Waals surface area contributed by atoms with E-state index in [-0.39, 0.29) is 5.56 Å². The number of ether oxygens (including phenoxy) is 1. The Morgan fingerprint density at radius 1 is 1.02 bits per heavy atom. The van der Waals surface area contributed by atoms with Gasteiger partial charge >= 0.3 is 0 Å². The van der Waals surface area contributed by atoms with Gasteiger partial charge in [-0.15, -0.1) is 0 Å². The lowest BCUT2D eigenvalue weighted by Gasteiger charge is -2.37. The van der Waals surface area contributed by atoms with E-state index < -0.39 is 0 Å². The molecule has 1 aromatic carbocycles. The SMILES string of the molecule is CCN(c1cc(-c2ccc(N3CCN(C)CC3)nc2)cc(CNCc2c(C)cc(C)[nH]c2=O)c1C)C1CCOCC1. The molecule has 2 N–H and O–H groups in total. The minimum absolute atomic E-state index is 0.00986. The molecule has 0 bridgehead atoms. The van der Waals surface area contributed by atoms with Gasteiger partial charge in [0, 0.05) is 93.8 Å². The Morgan fingerprint density at radius 3 is 2.44 bits per heavy atom. The Morgan fingerprint density at radius 2 is 1.78 bits per heavy atom. The maximum atomic E-state index is 12.6. The van der Waals surface area contributed by atoms with Crippen LogP contribution in [0.3, 0.4) is 0 Å². The highest BCUT2D eigenvalue weighted by atomic mass is 16.5. The number of H-pyrrole nitrogens is 1. The maximum Gasteiger partial charge on any atom is 0.252 e. The van der Waals surface area contributed by atoms with Crippen LogP contribution in [0.1, 0.15) is 47.7 Å². The van der Waals surface area contributed by atoms with Gasteiger partial charge in [-0.1, -0.05) is 0 Å². The number of aromatic nitrogens is 2. The van der Waals surface area contributed by atoms with Gasteiger partial charge in [0.05, 0.1) is 0 Å². The van der Waals surface area contributed by atoms with Crippen molar-refractivity contribution in [3.05, 3.63) is 74.8 Å². The van der Waals surface area contributed by atoms with Crippen LogP contribution in [0.15, 0.2) is 41.3 Å². The highest BCUT2D eigenvalue weighted by molar-refractivity contribution is 5.73. The second-order valence-electron chi connectivity index (χ2n) is 11.7. The van der Waals surface area contributed by atoms with Gasteiger partial charge in [0.25, 0.3) is 5.56 Å². The van der Waals surface area contributed by atoms with Crippen molar-refractivity contribution in [3.63, 3.8) is 0 Å². The molecule has 0 radical (unpaired) electrons. The molecule has 0 spiro atoms. The number of hydrogen-bond donors (Lipinski definition) is 2. The van der Waals surface area contributed by atoms with E-state index in [1.54, 1.807) is 0 Å². The maximum absolute atomic E-state index is 12.6. The van der Waals surface area contributed by atoms with Crippen molar-refractivity contribution < 1.29 is 4.74 Å². The van der Waals surface area contributed by atoms with Crippen LogP contribution >= 0.6 is 0 Å². The van der Waals surface area contributed by atoms with Crippen molar-refractivity contribution in [2.75, 3.05) is 62.8 Å². The molecule has 0 aliphatic carbocycles. The standard InChI is InChI=1S/C33H46N6O2/c1-6-39(29-9-15-41-16-10-29)31-19-27(26-7-8-32(35-21-26)38-13-11-37(5)12-14-38)18-28(25(31)4)20-34-22-30-23(2)17-24(3)36-33(30)40/h7-8,17-19,21,29,34H,6,9-16,20,22H2,1-5H3,(H,36,40). The fraction of sp³-hybridized carbons (Fsp3) is 0.515. The van der Waals surface area contributed by atoms with E-state index in [1.165, 1.54) is 22.4 Å². The summed E-state index contributed by atoms with van der Waals surface area (Å²) in [5, 5.41) is 3.57. The van der Waals surface area contributed by atoms with Gasteiger partial charge in [-0.25, -0.2) is 4.98 Å². The van der Waals surface area contributed by atoms with Gasteiger partial charge < -0.3 is 29.7 Å². The molecule has 3 aromatic rings. The Kier molecular flexibility index (Phi) is 9.42. The molecular formula is C33H46N6O2. The van der Waals surface area contributed by atoms with E-state index in [0.717, 1.165) is 87.0 Å². The number of likely N-dealkylation sites (N-methyl/N-ethyl adjacent to an activating group) is 1. The molecule has 0 unspecified atom stereocenters. The molecule has 8 nitrogen and oxygen atoms in total. The molecule has 2 aliphatic heterocycles. The fourth-order valence-corrected chi connectivity index (χ4v) is 6.23. The van der Waals surface area contributed by atoms with Gasteiger partial charge in [-0.2, -0.15) is 0 Å². The molecule has 0 atom stereocenters. The molecule has 0 saturated carbocycles. The number of aromatic amines is 1. The first-order valence-electron chi connectivity index (χ1n) is 15.1. The Balaban J connectivity index is 1.44. The molecule has 8 heteroatoms. The third-order valence-electron chi connectivity index (χ3n) is 8.79. The number of nitrogens with zero attached hydrogens (tertiary/aromatic N) is 4. The summed E-state index contributed by atoms with van der Waals surface area (Å²) in [5.74, 6) is 1.05. The van der Waals surface area contributed by atoms with Crippen molar-refractivity contribution >= 4 is 11.5 Å². The predicted molar refractivity (Wildman–Crippen MR) is 168 cm³/mol. The number of benzene rings is 1. The van der Waals surface area contributed by atoms with E-state index in [2.05, 4.69) is 70.2 Å². The summed E-state index contributed by atoms with van der Waals surface area (Å²) in [6.07, 6.45) is 4.11. The molecule has 2 aromatic heterocycles. The normalized spacial score (nSPS) is 16.8. The fourth-order valence-electron chi connectivity index (χ4n) is 6.23. The molecular weight excluding hydrogens is 512 g/mol. The molecule has 4 heterocycles. The molecule has 5 rings (SSSR count). The summed E-state index contributed by atoms with van der Waals surface area (Å²) in [7, 11) is 2.18. The average molecular weight is 559 g/mol. The van der Waals surface area contributed by atoms with Crippen LogP contribution in [0.2, 0.25) is 0 Å². The Bertz CT molecular complexity index is 1370. The number of rotatable bonds is 9. The average Bonchev–Trinajstić information content (AvgIpc) is 2.97. The van der Waals surface area contributed by atoms with Crippen molar-refractivity contribution in [1.82, 2.24) is 20.2 Å². The first kappa shape index (κ1) is 29.3. The zero-order valence-corrected chi connectivity index (χ0v) is 25.4. The van der Waals surface area contributed by atoms with Crippen LogP contribution in [0.25, 0.3) is 11.1 Å². The number of anilines is 2. The van der Waals surface area contributed by atoms with E-state index in [9.17, 15) is 4.79 Å². The first-order chi connectivity index (χ1) is 19.8. The van der Waals surface area contributed by atoms with Crippen molar-refractivity contribution in [3.8, 4) is 11.1 Å². The number of aryl methyl sites for hydroxylation is 2. The molecule has 41 heavy (non-hydrogen) atoms. The number of pyridine rings is 2. The van der Waals surface area contributed by atoms with Gasteiger partial charge in [0.15, 0.2) is 0 Å². The van der Waals surface area contributed by atoms with E-state index >= 15 is 0 Å². The lowest BCUT2D eigenvalue weighted by Crippen LogP contribution is -2.44. The third-order valence-corrected chi connectivity index (χ3v) is 8.79. The van der Waals surface area contributed by atoms with Crippen LogP contribution in [0.5, 0.6) is 0 Å². The topological polar surface area (TPSA) is 76.7 Å². The summed E-state index contributed by atoms with van der Waals surface area (Å²) in [5.41, 5.74) is 8.81. The summed E-state index contributed by atoms with van der Waals surface area (Å²) >= 11 is 0. The highest BCUT2D eigenvalue weighted by Crippen LogP contribution is 2.34. The van der Waals surface area contributed by atoms with Gasteiger partial charge in [0.2, 0.25) is 0 Å². The zero-order valence-electron chi connectivity index (χ0n) is 25.4. The summed E-state index contributed by atoms with van der Waals surface area (Å²) in [6, 6.07) is 11.5. The van der Waals surface area contributed by atoms with E-state index in [0.29, 0.717) is 19.1 Å². The number of hydrogen-bond acceptors (Lipinski definition) is 7. The van der Waals surface area contributed by atoms with E-state index in [4.69, 9.17) is 9.72 Å². The number of piperazine rings is 1. The minimum atomic E-state index is -0.00986. The molecule has 2 fully saturated rings. The Labute approximate surface area is 244 Å². The molecule has 2 aliphatic rings. The first-order valence-corrected chi connectivity index (χ1v) is 15.1. The lowest BCUT2D eigenvalue weighted by atomic mass is 9.96. The van der Waals surface area contributed by atoms with Crippen LogP contribution in [0, 0.1) is 20.8 Å². The van der Waals surface area contributed by atoms with Crippen LogP contribution < -0.4 is 20.7 Å². The monoisotopic (exact) mass is 558 g/mol. The van der Waals surface area contributed by atoms with Crippen molar-refractivity contribution in [2.24, 2.45) is 0 Å². The molecule has 2 saturated heterocycles. The summed E-state index contributed by atoms with van der Waals surface area (Å²) in [4.78, 5) is 27.7. The van der Waals surface area contributed by atoms with Crippen LogP contribution in [-0.2, 0) is 17.8 Å². The van der Waals surface area contributed by atoms with Crippen molar-refractivity contribution in [1.29, 1.82) is 0 Å². The molecule has 0 amide bonds. The molecule has 220 valence electrons. The van der Waals surface area contributed by atoms with Gasteiger partial charge in [-0.3, -0.25) is 4.79 Å². The highest BCUT2D eigenvalue weighted by Gasteiger charge is 2.24. The van der Waals surface area contributed by atoms with E-state index in [1.807, 2.05) is 26.1 Å². The van der Waals surface area contributed by atoms with Crippen molar-refractivity contribution in [2.45, 2.75) is 59.7 Å². The third kappa shape index (κ3) is 6.83. The minimum Gasteiger partial charge on any atom is -0.381 e. The second-order valence-corrected chi connectivity index (χ2v) is 11.7. The Hall–Kier alpha value is -3.20. The second kappa shape index (κ2) is 13.2. The zero-order chi connectivity index (χ0) is 28.9. The van der Waals surface area contributed by atoms with Crippen LogP contribution in [-0.4, -0.2) is 73.9 Å². The summed E-state index contributed by atoms with van der Waals surface area (Å²) in [6.45, 7) is 16.3. The van der Waals surface area contributed by atoms with Crippen LogP contribution in [0.4, 0.5) is 11.5 Å². The number of nitrogens with one attached hydrogen (secondary N) is 2. The van der Waals surface area contributed by atoms with Gasteiger partial charge in [0.1, 0.15) is 5.82 Å². The van der Waals surface area contributed by atoms with Gasteiger partial charge in [-0.05, 0) is 100 Å². The smallest absolute Gasteiger partial charge is 0.252 e.